The number of carbonyl (C=O) groups is 3. The smallest absolute Gasteiger partial charge is 0.408 e. The fourth-order valence-electron chi connectivity index (χ4n) is 4.05. The van der Waals surface area contributed by atoms with Gasteiger partial charge in [0, 0.05) is 12.2 Å². The topological polar surface area (TPSA) is 87.7 Å². The van der Waals surface area contributed by atoms with Crippen LogP contribution in [0.3, 0.4) is 0 Å². The molecule has 0 aromatic heterocycles. The first-order chi connectivity index (χ1) is 17.0. The second-order valence-corrected chi connectivity index (χ2v) is 9.86. The van der Waals surface area contributed by atoms with Gasteiger partial charge in [-0.25, -0.2) is 4.79 Å². The number of amides is 3. The molecule has 0 saturated carbocycles. The molecule has 0 radical (unpaired) electrons. The predicted molar refractivity (Wildman–Crippen MR) is 143 cm³/mol. The number of ether oxygens (including phenoxy) is 1. The van der Waals surface area contributed by atoms with Crippen LogP contribution >= 0.6 is 0 Å². The second kappa shape index (κ2) is 11.2. The quantitative estimate of drug-likeness (QED) is 0.453. The molecule has 0 saturated heterocycles. The minimum Gasteiger partial charge on any atom is -0.444 e. The van der Waals surface area contributed by atoms with E-state index in [0.29, 0.717) is 11.3 Å². The summed E-state index contributed by atoms with van der Waals surface area (Å²) in [6.45, 7) is 10.9. The molecule has 0 aliphatic heterocycles. The molecule has 3 rings (SSSR count). The number of alkyl carbamates (subject to hydrolysis) is 1. The Bertz CT molecular complexity index is 1250. The van der Waals surface area contributed by atoms with Gasteiger partial charge in [-0.05, 0) is 70.0 Å². The minimum atomic E-state index is -0.892. The monoisotopic (exact) mass is 489 g/mol. The minimum absolute atomic E-state index is 0.267. The van der Waals surface area contributed by atoms with E-state index < -0.39 is 23.8 Å². The van der Waals surface area contributed by atoms with E-state index in [9.17, 15) is 14.4 Å². The van der Waals surface area contributed by atoms with Crippen molar-refractivity contribution < 1.29 is 19.1 Å². The third kappa shape index (κ3) is 6.84. The molecular formula is C29H35N3O4. The van der Waals surface area contributed by atoms with E-state index in [1.54, 1.807) is 27.7 Å². The Morgan fingerprint density at radius 1 is 0.944 bits per heavy atom. The van der Waals surface area contributed by atoms with Crippen molar-refractivity contribution in [2.24, 2.45) is 0 Å². The van der Waals surface area contributed by atoms with Crippen molar-refractivity contribution in [3.05, 3.63) is 77.9 Å². The summed E-state index contributed by atoms with van der Waals surface area (Å²) in [5, 5.41) is 7.65. The van der Waals surface area contributed by atoms with E-state index in [1.165, 1.54) is 4.90 Å². The van der Waals surface area contributed by atoms with Gasteiger partial charge >= 0.3 is 6.09 Å². The van der Waals surface area contributed by atoms with Crippen LogP contribution in [-0.2, 0) is 14.3 Å². The van der Waals surface area contributed by atoms with E-state index in [2.05, 4.69) is 10.6 Å². The van der Waals surface area contributed by atoms with Crippen molar-refractivity contribution in [2.45, 2.75) is 59.2 Å². The second-order valence-electron chi connectivity index (χ2n) is 9.86. The van der Waals surface area contributed by atoms with Crippen LogP contribution in [0.25, 0.3) is 10.8 Å². The Morgan fingerprint density at radius 2 is 1.64 bits per heavy atom. The molecule has 0 spiro atoms. The van der Waals surface area contributed by atoms with Gasteiger partial charge in [-0.15, -0.1) is 0 Å². The molecule has 2 unspecified atom stereocenters. The Labute approximate surface area is 212 Å². The Morgan fingerprint density at radius 3 is 2.28 bits per heavy atom. The lowest BCUT2D eigenvalue weighted by Gasteiger charge is -2.33. The van der Waals surface area contributed by atoms with E-state index in [1.807, 2.05) is 80.6 Å². The van der Waals surface area contributed by atoms with Gasteiger partial charge in [0.15, 0.2) is 0 Å². The normalized spacial score (nSPS) is 12.9. The van der Waals surface area contributed by atoms with Gasteiger partial charge in [0.25, 0.3) is 5.91 Å². The molecule has 0 fully saturated rings. The van der Waals surface area contributed by atoms with E-state index >= 15 is 0 Å². The zero-order valence-electron chi connectivity index (χ0n) is 21.8. The summed E-state index contributed by atoms with van der Waals surface area (Å²) < 4.78 is 5.29. The van der Waals surface area contributed by atoms with Crippen LogP contribution in [0.5, 0.6) is 0 Å². The van der Waals surface area contributed by atoms with Crippen molar-refractivity contribution in [3.63, 3.8) is 0 Å². The highest BCUT2D eigenvalue weighted by molar-refractivity contribution is 6.00. The molecule has 3 amide bonds. The molecule has 190 valence electrons. The van der Waals surface area contributed by atoms with E-state index in [4.69, 9.17) is 4.74 Å². The molecule has 0 aliphatic rings. The molecule has 0 heterocycles. The third-order valence-corrected chi connectivity index (χ3v) is 5.66. The van der Waals surface area contributed by atoms with Crippen molar-refractivity contribution in [1.29, 1.82) is 0 Å². The largest absolute Gasteiger partial charge is 0.444 e. The number of aryl methyl sites for hydroxylation is 1. The van der Waals surface area contributed by atoms with Crippen molar-refractivity contribution in [2.75, 3.05) is 11.9 Å². The predicted octanol–water partition coefficient (Wildman–Crippen LogP) is 5.59. The molecule has 7 heteroatoms. The maximum atomic E-state index is 13.7. The number of nitrogens with one attached hydrogen (secondary N) is 2. The van der Waals surface area contributed by atoms with Crippen LogP contribution in [0.4, 0.5) is 10.5 Å². The number of anilines is 1. The van der Waals surface area contributed by atoms with E-state index in [0.717, 1.165) is 16.3 Å². The van der Waals surface area contributed by atoms with Gasteiger partial charge in [-0.3, -0.25) is 9.59 Å². The fraction of sp³-hybridized carbons (Fsp3) is 0.345. The number of hydrogen-bond donors (Lipinski definition) is 2. The average molecular weight is 490 g/mol. The van der Waals surface area contributed by atoms with Crippen LogP contribution < -0.4 is 10.6 Å². The first-order valence-electron chi connectivity index (χ1n) is 12.1. The highest BCUT2D eigenvalue weighted by Crippen LogP contribution is 2.26. The molecule has 0 aliphatic carbocycles. The first kappa shape index (κ1) is 26.7. The Balaban J connectivity index is 1.89. The maximum Gasteiger partial charge on any atom is 0.408 e. The average Bonchev–Trinajstić information content (AvgIpc) is 2.80. The van der Waals surface area contributed by atoms with Crippen LogP contribution in [0.15, 0.2) is 66.7 Å². The summed E-state index contributed by atoms with van der Waals surface area (Å²) in [7, 11) is 0. The summed E-state index contributed by atoms with van der Waals surface area (Å²) in [5.41, 5.74) is 1.60. The Hall–Kier alpha value is -3.87. The van der Waals surface area contributed by atoms with Crippen LogP contribution in [0.2, 0.25) is 0 Å². The lowest BCUT2D eigenvalue weighted by molar-refractivity contribution is -0.140. The zero-order valence-corrected chi connectivity index (χ0v) is 21.8. The van der Waals surface area contributed by atoms with Gasteiger partial charge in [0.05, 0.1) is 0 Å². The van der Waals surface area contributed by atoms with E-state index in [-0.39, 0.29) is 18.4 Å². The number of fused-ring (bicyclic) bond motifs is 1. The number of hydrogen-bond acceptors (Lipinski definition) is 4. The molecule has 3 aromatic carbocycles. The number of rotatable bonds is 7. The SMILES string of the molecule is CCN(C(=O)C(C)NC(=O)OC(C)(C)C)C(C(=O)Nc1ccc2ccccc2c1)c1cccc(C)c1. The van der Waals surface area contributed by atoms with Crippen molar-refractivity contribution in [1.82, 2.24) is 10.2 Å². The first-order valence-corrected chi connectivity index (χ1v) is 12.1. The molecule has 2 N–H and O–H groups in total. The molecule has 3 aromatic rings. The molecule has 7 nitrogen and oxygen atoms in total. The van der Waals surface area contributed by atoms with Crippen LogP contribution in [0.1, 0.15) is 51.8 Å². The molecular weight excluding hydrogens is 454 g/mol. The molecule has 0 bridgehead atoms. The fourth-order valence-corrected chi connectivity index (χ4v) is 4.05. The van der Waals surface area contributed by atoms with Gasteiger partial charge < -0.3 is 20.3 Å². The van der Waals surface area contributed by atoms with Crippen LogP contribution in [-0.4, -0.2) is 41.0 Å². The summed E-state index contributed by atoms with van der Waals surface area (Å²) in [4.78, 5) is 40.9. The number of likely N-dealkylation sites (N-methyl/N-ethyl adjacent to an activating group) is 1. The zero-order chi connectivity index (χ0) is 26.5. The number of benzene rings is 3. The lowest BCUT2D eigenvalue weighted by Crippen LogP contribution is -2.51. The Kier molecular flexibility index (Phi) is 8.35. The summed E-state index contributed by atoms with van der Waals surface area (Å²) in [5.74, 6) is -0.723. The maximum absolute atomic E-state index is 13.7. The van der Waals surface area contributed by atoms with Crippen molar-refractivity contribution >= 4 is 34.4 Å². The van der Waals surface area contributed by atoms with Crippen molar-refractivity contribution in [3.8, 4) is 0 Å². The van der Waals surface area contributed by atoms with Gasteiger partial charge in [-0.2, -0.15) is 0 Å². The standard InChI is InChI=1S/C29H35N3O4/c1-7-32(27(34)20(3)30-28(35)36-29(4,5)6)25(23-14-10-11-19(2)17-23)26(33)31-24-16-15-21-12-8-9-13-22(21)18-24/h8-18,20,25H,7H2,1-6H3,(H,30,35)(H,31,33). The highest BCUT2D eigenvalue weighted by Gasteiger charge is 2.34. The van der Waals surface area contributed by atoms with Gasteiger partial charge in [0.1, 0.15) is 17.7 Å². The van der Waals surface area contributed by atoms with Gasteiger partial charge in [-0.1, -0.05) is 60.2 Å². The highest BCUT2D eigenvalue weighted by atomic mass is 16.6. The van der Waals surface area contributed by atoms with Crippen LogP contribution in [0, 0.1) is 6.92 Å². The molecule has 2 atom stereocenters. The number of nitrogens with zero attached hydrogens (tertiary/aromatic N) is 1. The molecule has 36 heavy (non-hydrogen) atoms. The lowest BCUT2D eigenvalue weighted by atomic mass is 10.0. The summed E-state index contributed by atoms with van der Waals surface area (Å²) in [6.07, 6.45) is -0.688. The third-order valence-electron chi connectivity index (χ3n) is 5.66. The van der Waals surface area contributed by atoms with Gasteiger partial charge in [0.2, 0.25) is 5.91 Å². The number of carbonyl (C=O) groups excluding carboxylic acids is 3. The summed E-state index contributed by atoms with van der Waals surface area (Å²) >= 11 is 0. The summed E-state index contributed by atoms with van der Waals surface area (Å²) in [6, 6.07) is 19.3.